The standard InChI is InChI=1S/C27H22N2O6/c30-24-16-18(5-9-22(24)28-26(32)11-7-20-3-1-13-34-20)15-19-6-10-23(25(31)17-19)29-27(33)12-8-21-4-2-14-35-21/h1-14,16-17,30-31H,15H2,(H,28,32)(H,29,33). The van der Waals surface area contributed by atoms with Crippen molar-refractivity contribution >= 4 is 35.3 Å². The van der Waals surface area contributed by atoms with Crippen molar-refractivity contribution in [1.82, 2.24) is 0 Å². The molecule has 8 nitrogen and oxygen atoms in total. The van der Waals surface area contributed by atoms with E-state index in [9.17, 15) is 19.8 Å². The first kappa shape index (κ1) is 23.2. The molecule has 2 aromatic carbocycles. The Bertz CT molecular complexity index is 1260. The molecule has 2 amide bonds. The fraction of sp³-hybridized carbons (Fsp3) is 0.0370. The highest BCUT2D eigenvalue weighted by molar-refractivity contribution is 6.03. The molecule has 2 aromatic heterocycles. The lowest BCUT2D eigenvalue weighted by Crippen LogP contribution is -2.08. The molecule has 0 aliphatic heterocycles. The highest BCUT2D eigenvalue weighted by Gasteiger charge is 2.09. The minimum Gasteiger partial charge on any atom is -0.506 e. The number of hydrogen-bond donors (Lipinski definition) is 4. The summed E-state index contributed by atoms with van der Waals surface area (Å²) < 4.78 is 10.3. The Hall–Kier alpha value is -4.98. The Kier molecular flexibility index (Phi) is 7.13. The van der Waals surface area contributed by atoms with Crippen LogP contribution < -0.4 is 10.6 Å². The highest BCUT2D eigenvalue weighted by Crippen LogP contribution is 2.28. The van der Waals surface area contributed by atoms with Crippen molar-refractivity contribution in [3.05, 3.63) is 108 Å². The molecule has 0 bridgehead atoms. The van der Waals surface area contributed by atoms with E-state index in [-0.39, 0.29) is 22.9 Å². The van der Waals surface area contributed by atoms with Crippen LogP contribution in [0.1, 0.15) is 22.6 Å². The minimum atomic E-state index is -0.411. The number of anilines is 2. The molecule has 0 fully saturated rings. The number of carbonyl (C=O) groups is 2. The summed E-state index contributed by atoms with van der Waals surface area (Å²) in [5.41, 5.74) is 2.08. The number of rotatable bonds is 8. The number of phenolic OH excluding ortho intramolecular Hbond substituents is 2. The zero-order valence-corrected chi connectivity index (χ0v) is 18.5. The van der Waals surface area contributed by atoms with Gasteiger partial charge >= 0.3 is 0 Å². The van der Waals surface area contributed by atoms with Gasteiger partial charge in [-0.3, -0.25) is 9.59 Å². The zero-order chi connectivity index (χ0) is 24.6. The van der Waals surface area contributed by atoms with Crippen molar-refractivity contribution in [2.45, 2.75) is 6.42 Å². The summed E-state index contributed by atoms with van der Waals surface area (Å²) in [6, 6.07) is 16.7. The van der Waals surface area contributed by atoms with Gasteiger partial charge < -0.3 is 29.7 Å². The van der Waals surface area contributed by atoms with Crippen LogP contribution in [0.15, 0.2) is 94.2 Å². The van der Waals surface area contributed by atoms with Gasteiger partial charge in [0.15, 0.2) is 0 Å². The Labute approximate surface area is 200 Å². The number of hydrogen-bond acceptors (Lipinski definition) is 6. The van der Waals surface area contributed by atoms with Crippen molar-refractivity contribution in [2.24, 2.45) is 0 Å². The molecule has 4 aromatic rings. The third kappa shape index (κ3) is 6.52. The molecule has 0 saturated heterocycles. The predicted octanol–water partition coefficient (Wildman–Crippen LogP) is 5.18. The summed E-state index contributed by atoms with van der Waals surface area (Å²) in [5.74, 6) is 0.0900. The van der Waals surface area contributed by atoms with Crippen LogP contribution in [0.25, 0.3) is 12.2 Å². The summed E-state index contributed by atoms with van der Waals surface area (Å²) in [5, 5.41) is 25.9. The molecular weight excluding hydrogens is 448 g/mol. The van der Waals surface area contributed by atoms with Crippen molar-refractivity contribution in [3.63, 3.8) is 0 Å². The van der Waals surface area contributed by atoms with E-state index in [4.69, 9.17) is 8.83 Å². The number of carbonyl (C=O) groups excluding carboxylic acids is 2. The van der Waals surface area contributed by atoms with Crippen LogP contribution in [-0.4, -0.2) is 22.0 Å². The normalized spacial score (nSPS) is 11.2. The number of nitrogens with one attached hydrogen (secondary N) is 2. The van der Waals surface area contributed by atoms with Crippen LogP contribution >= 0.6 is 0 Å². The maximum atomic E-state index is 12.1. The van der Waals surface area contributed by atoms with Gasteiger partial charge in [0, 0.05) is 12.2 Å². The van der Waals surface area contributed by atoms with Gasteiger partial charge in [-0.15, -0.1) is 0 Å². The third-order valence-corrected chi connectivity index (χ3v) is 4.93. The molecule has 8 heteroatoms. The fourth-order valence-corrected chi connectivity index (χ4v) is 3.26. The summed E-state index contributed by atoms with van der Waals surface area (Å²) in [6.07, 6.45) is 9.09. The first-order valence-electron chi connectivity index (χ1n) is 10.7. The number of furan rings is 2. The largest absolute Gasteiger partial charge is 0.506 e. The van der Waals surface area contributed by atoms with Crippen LogP contribution in [0.3, 0.4) is 0 Å². The molecule has 2 heterocycles. The van der Waals surface area contributed by atoms with Crippen LogP contribution in [0.5, 0.6) is 11.5 Å². The van der Waals surface area contributed by atoms with Crippen LogP contribution in [0, 0.1) is 0 Å². The van der Waals surface area contributed by atoms with E-state index in [0.29, 0.717) is 17.9 Å². The molecule has 4 rings (SSSR count). The average molecular weight is 470 g/mol. The second-order valence-electron chi connectivity index (χ2n) is 7.56. The first-order valence-corrected chi connectivity index (χ1v) is 10.7. The summed E-state index contributed by atoms with van der Waals surface area (Å²) in [4.78, 5) is 24.1. The summed E-state index contributed by atoms with van der Waals surface area (Å²) >= 11 is 0. The molecule has 176 valence electrons. The lowest BCUT2D eigenvalue weighted by atomic mass is 10.0. The van der Waals surface area contributed by atoms with E-state index in [1.807, 2.05) is 0 Å². The monoisotopic (exact) mass is 470 g/mol. The molecular formula is C27H22N2O6. The first-order chi connectivity index (χ1) is 17.0. The molecule has 0 atom stereocenters. The van der Waals surface area contributed by atoms with Gasteiger partial charge in [0.25, 0.3) is 0 Å². The summed E-state index contributed by atoms with van der Waals surface area (Å²) in [6.45, 7) is 0. The minimum absolute atomic E-state index is 0.0845. The van der Waals surface area contributed by atoms with Gasteiger partial charge in [0.2, 0.25) is 11.8 Å². The topological polar surface area (TPSA) is 125 Å². The van der Waals surface area contributed by atoms with Gasteiger partial charge in [0.05, 0.1) is 23.9 Å². The Balaban J connectivity index is 1.35. The Morgan fingerprint density at radius 3 is 1.54 bits per heavy atom. The predicted molar refractivity (Wildman–Crippen MR) is 132 cm³/mol. The Morgan fingerprint density at radius 1 is 0.714 bits per heavy atom. The zero-order valence-electron chi connectivity index (χ0n) is 18.5. The molecule has 0 saturated carbocycles. The highest BCUT2D eigenvalue weighted by atomic mass is 16.3. The summed E-state index contributed by atoms with van der Waals surface area (Å²) in [7, 11) is 0. The number of phenols is 2. The van der Waals surface area contributed by atoms with E-state index in [0.717, 1.165) is 11.1 Å². The lowest BCUT2D eigenvalue weighted by molar-refractivity contribution is -0.112. The van der Waals surface area contributed by atoms with E-state index < -0.39 is 11.8 Å². The van der Waals surface area contributed by atoms with E-state index >= 15 is 0 Å². The van der Waals surface area contributed by atoms with E-state index in [1.165, 1.54) is 49.0 Å². The van der Waals surface area contributed by atoms with Crippen LogP contribution in [-0.2, 0) is 16.0 Å². The quantitative estimate of drug-likeness (QED) is 0.208. The van der Waals surface area contributed by atoms with Crippen molar-refractivity contribution in [3.8, 4) is 11.5 Å². The third-order valence-electron chi connectivity index (χ3n) is 4.93. The van der Waals surface area contributed by atoms with Crippen molar-refractivity contribution < 1.29 is 28.6 Å². The molecule has 0 aliphatic rings. The number of aromatic hydroxyl groups is 2. The van der Waals surface area contributed by atoms with Gasteiger partial charge in [-0.2, -0.15) is 0 Å². The maximum Gasteiger partial charge on any atom is 0.248 e. The second kappa shape index (κ2) is 10.8. The Morgan fingerprint density at radius 2 is 1.17 bits per heavy atom. The van der Waals surface area contributed by atoms with Gasteiger partial charge in [-0.1, -0.05) is 12.1 Å². The molecule has 0 unspecified atom stereocenters. The molecule has 0 radical (unpaired) electrons. The van der Waals surface area contributed by atoms with Gasteiger partial charge in [-0.05, 0) is 78.2 Å². The fourth-order valence-electron chi connectivity index (χ4n) is 3.26. The molecule has 4 N–H and O–H groups in total. The second-order valence-corrected chi connectivity index (χ2v) is 7.56. The smallest absolute Gasteiger partial charge is 0.248 e. The maximum absolute atomic E-state index is 12.1. The van der Waals surface area contributed by atoms with Crippen LogP contribution in [0.4, 0.5) is 11.4 Å². The molecule has 35 heavy (non-hydrogen) atoms. The van der Waals surface area contributed by atoms with Crippen molar-refractivity contribution in [2.75, 3.05) is 10.6 Å². The lowest BCUT2D eigenvalue weighted by Gasteiger charge is -2.10. The van der Waals surface area contributed by atoms with Gasteiger partial charge in [-0.25, -0.2) is 0 Å². The number of benzene rings is 2. The van der Waals surface area contributed by atoms with E-state index in [2.05, 4.69) is 10.6 Å². The van der Waals surface area contributed by atoms with Crippen molar-refractivity contribution in [1.29, 1.82) is 0 Å². The van der Waals surface area contributed by atoms with Crippen LogP contribution in [0.2, 0.25) is 0 Å². The van der Waals surface area contributed by atoms with E-state index in [1.54, 1.807) is 48.5 Å². The molecule has 0 aliphatic carbocycles. The number of amides is 2. The molecule has 0 spiro atoms. The van der Waals surface area contributed by atoms with Gasteiger partial charge in [0.1, 0.15) is 23.0 Å². The SMILES string of the molecule is O=C(C=Cc1ccco1)Nc1ccc(Cc2ccc(NC(=O)C=Cc3ccco3)c(O)c2)cc1O. The average Bonchev–Trinajstić information content (AvgIpc) is 3.54.